The summed E-state index contributed by atoms with van der Waals surface area (Å²) in [7, 11) is 0. The molecule has 0 aromatic carbocycles. The zero-order valence-corrected chi connectivity index (χ0v) is 16.7. The largest absolute Gasteiger partial charge is 0.393 e. The second-order valence-electron chi connectivity index (χ2n) is 8.71. The topological polar surface area (TPSA) is 87.4 Å². The fourth-order valence-corrected chi connectivity index (χ4v) is 5.26. The first-order valence-electron chi connectivity index (χ1n) is 10.7. The Hall–Kier alpha value is -2.48. The van der Waals surface area contributed by atoms with E-state index >= 15 is 0 Å². The molecule has 8 nitrogen and oxygen atoms in total. The Morgan fingerprint density at radius 3 is 2.59 bits per heavy atom. The van der Waals surface area contributed by atoms with Gasteiger partial charge in [-0.15, -0.1) is 0 Å². The van der Waals surface area contributed by atoms with Crippen LogP contribution in [0.5, 0.6) is 0 Å². The molecule has 2 aromatic heterocycles. The van der Waals surface area contributed by atoms with Crippen LogP contribution in [0.3, 0.4) is 0 Å². The van der Waals surface area contributed by atoms with Crippen LogP contribution in [0.2, 0.25) is 0 Å². The number of anilines is 1. The van der Waals surface area contributed by atoms with E-state index in [-0.39, 0.29) is 11.5 Å². The summed E-state index contributed by atoms with van der Waals surface area (Å²) < 4.78 is 1.74. The number of likely N-dealkylation sites (tertiary alicyclic amines) is 1. The van der Waals surface area contributed by atoms with Gasteiger partial charge >= 0.3 is 0 Å². The minimum absolute atomic E-state index is 0.190. The van der Waals surface area contributed by atoms with Crippen LogP contribution in [0.1, 0.15) is 44.9 Å². The van der Waals surface area contributed by atoms with E-state index in [1.54, 1.807) is 23.3 Å². The van der Waals surface area contributed by atoms with Crippen molar-refractivity contribution >= 4 is 11.9 Å². The summed E-state index contributed by atoms with van der Waals surface area (Å²) >= 11 is 0. The lowest BCUT2D eigenvalue weighted by Gasteiger charge is -2.40. The SMILES string of the molecule is O=C1N([C@H]2CC[C@@H](O)CC2)CC[C@]12CCCN(c1ncc(-n3cccn3)cn1)C2. The molecule has 4 heterocycles. The van der Waals surface area contributed by atoms with Gasteiger partial charge in [-0.2, -0.15) is 5.10 Å². The zero-order chi connectivity index (χ0) is 19.8. The zero-order valence-electron chi connectivity index (χ0n) is 16.7. The lowest BCUT2D eigenvalue weighted by atomic mass is 9.78. The first kappa shape index (κ1) is 18.5. The molecule has 1 saturated carbocycles. The van der Waals surface area contributed by atoms with Crippen molar-refractivity contribution in [2.24, 2.45) is 5.41 Å². The maximum Gasteiger partial charge on any atom is 0.230 e. The summed E-state index contributed by atoms with van der Waals surface area (Å²) in [6.07, 6.45) is 13.3. The maximum atomic E-state index is 13.4. The smallest absolute Gasteiger partial charge is 0.230 e. The average molecular weight is 396 g/mol. The molecule has 0 radical (unpaired) electrons. The quantitative estimate of drug-likeness (QED) is 0.851. The molecule has 0 unspecified atom stereocenters. The third-order valence-corrected chi connectivity index (χ3v) is 6.91. The van der Waals surface area contributed by atoms with E-state index < -0.39 is 0 Å². The van der Waals surface area contributed by atoms with Crippen LogP contribution < -0.4 is 4.90 Å². The van der Waals surface area contributed by atoms with E-state index in [0.717, 1.165) is 63.7 Å². The van der Waals surface area contributed by atoms with Gasteiger partial charge in [0.25, 0.3) is 0 Å². The Morgan fingerprint density at radius 1 is 1.07 bits per heavy atom. The van der Waals surface area contributed by atoms with E-state index in [9.17, 15) is 9.90 Å². The molecule has 3 aliphatic rings. The van der Waals surface area contributed by atoms with Crippen molar-refractivity contribution in [1.82, 2.24) is 24.6 Å². The number of nitrogens with zero attached hydrogens (tertiary/aromatic N) is 6. The summed E-state index contributed by atoms with van der Waals surface area (Å²) in [5.41, 5.74) is 0.520. The lowest BCUT2D eigenvalue weighted by molar-refractivity contribution is -0.139. The number of amides is 1. The first-order chi connectivity index (χ1) is 14.1. The predicted molar refractivity (Wildman–Crippen MR) is 108 cm³/mol. The minimum atomic E-state index is -0.307. The number of hydrogen-bond acceptors (Lipinski definition) is 6. The van der Waals surface area contributed by atoms with Crippen molar-refractivity contribution in [1.29, 1.82) is 0 Å². The molecule has 2 aromatic rings. The highest BCUT2D eigenvalue weighted by molar-refractivity contribution is 5.86. The van der Waals surface area contributed by atoms with Crippen molar-refractivity contribution < 1.29 is 9.90 Å². The molecule has 8 heteroatoms. The van der Waals surface area contributed by atoms with Gasteiger partial charge in [0.1, 0.15) is 5.69 Å². The molecule has 2 saturated heterocycles. The van der Waals surface area contributed by atoms with Crippen molar-refractivity contribution in [2.45, 2.75) is 57.1 Å². The third kappa shape index (κ3) is 3.39. The second kappa shape index (κ2) is 7.40. The number of carbonyl (C=O) groups is 1. The summed E-state index contributed by atoms with van der Waals surface area (Å²) in [6.45, 7) is 2.41. The number of piperidine rings is 1. The van der Waals surface area contributed by atoms with Gasteiger partial charge in [-0.05, 0) is 51.0 Å². The molecule has 0 bridgehead atoms. The summed E-state index contributed by atoms with van der Waals surface area (Å²) in [5.74, 6) is 0.990. The Bertz CT molecular complexity index is 847. The van der Waals surface area contributed by atoms with Gasteiger partial charge < -0.3 is 14.9 Å². The number of hydrogen-bond donors (Lipinski definition) is 1. The molecule has 29 heavy (non-hydrogen) atoms. The highest BCUT2D eigenvalue weighted by atomic mass is 16.3. The number of carbonyl (C=O) groups excluding carboxylic acids is 1. The summed E-state index contributed by atoms with van der Waals surface area (Å²) in [4.78, 5) is 26.8. The standard InChI is InChI=1S/C21H28N6O2/c28-18-5-3-16(4-6-18)26-12-8-21(19(26)29)7-1-10-25(15-21)20-22-13-17(14-23-20)27-11-2-9-24-27/h2,9,11,13-14,16,18,28H,1,3-8,10,12,15H2/t16-,18+,21-/m0/s1. The Balaban J connectivity index is 1.29. The van der Waals surface area contributed by atoms with E-state index in [1.807, 2.05) is 12.3 Å². The van der Waals surface area contributed by atoms with E-state index in [2.05, 4.69) is 24.9 Å². The van der Waals surface area contributed by atoms with Crippen LogP contribution >= 0.6 is 0 Å². The van der Waals surface area contributed by atoms with Gasteiger partial charge in [0, 0.05) is 38.1 Å². The highest BCUT2D eigenvalue weighted by Gasteiger charge is 2.50. The predicted octanol–water partition coefficient (Wildman–Crippen LogP) is 1.78. The van der Waals surface area contributed by atoms with Gasteiger partial charge in [0.05, 0.1) is 23.9 Å². The molecule has 1 N–H and O–H groups in total. The Kier molecular flexibility index (Phi) is 4.73. The molecule has 1 amide bonds. The molecule has 1 aliphatic carbocycles. The highest BCUT2D eigenvalue weighted by Crippen LogP contribution is 2.43. The summed E-state index contributed by atoms with van der Waals surface area (Å²) in [6, 6.07) is 2.16. The Morgan fingerprint density at radius 2 is 1.86 bits per heavy atom. The molecule has 154 valence electrons. The molecular formula is C21H28N6O2. The molecule has 2 aliphatic heterocycles. The van der Waals surface area contributed by atoms with Gasteiger partial charge in [0.2, 0.25) is 11.9 Å². The molecule has 5 rings (SSSR count). The third-order valence-electron chi connectivity index (χ3n) is 6.91. The summed E-state index contributed by atoms with van der Waals surface area (Å²) in [5, 5.41) is 14.0. The number of aliphatic hydroxyl groups excluding tert-OH is 1. The lowest BCUT2D eigenvalue weighted by Crippen LogP contribution is -2.50. The van der Waals surface area contributed by atoms with Gasteiger partial charge in [-0.3, -0.25) is 4.79 Å². The second-order valence-corrected chi connectivity index (χ2v) is 8.71. The van der Waals surface area contributed by atoms with Crippen LogP contribution in [0, 0.1) is 5.41 Å². The van der Waals surface area contributed by atoms with Crippen LogP contribution in [-0.2, 0) is 4.79 Å². The minimum Gasteiger partial charge on any atom is -0.393 e. The average Bonchev–Trinajstić information content (AvgIpc) is 3.39. The molecule has 3 fully saturated rings. The normalized spacial score (nSPS) is 30.3. The number of aromatic nitrogens is 4. The fraction of sp³-hybridized carbons (Fsp3) is 0.619. The van der Waals surface area contributed by atoms with Crippen LogP contribution in [-0.4, -0.2) is 67.4 Å². The van der Waals surface area contributed by atoms with E-state index in [1.165, 1.54) is 0 Å². The van der Waals surface area contributed by atoms with Crippen LogP contribution in [0.25, 0.3) is 5.69 Å². The fourth-order valence-electron chi connectivity index (χ4n) is 5.26. The van der Waals surface area contributed by atoms with Crippen LogP contribution in [0.4, 0.5) is 5.95 Å². The van der Waals surface area contributed by atoms with Crippen molar-refractivity contribution in [3.8, 4) is 5.69 Å². The maximum absolute atomic E-state index is 13.4. The molecule has 1 atom stereocenters. The van der Waals surface area contributed by atoms with Crippen molar-refractivity contribution in [3.05, 3.63) is 30.9 Å². The van der Waals surface area contributed by atoms with E-state index in [4.69, 9.17) is 0 Å². The number of rotatable bonds is 3. The van der Waals surface area contributed by atoms with Gasteiger partial charge in [-0.1, -0.05) is 0 Å². The molecule has 1 spiro atoms. The van der Waals surface area contributed by atoms with Crippen molar-refractivity contribution in [3.63, 3.8) is 0 Å². The van der Waals surface area contributed by atoms with Crippen molar-refractivity contribution in [2.75, 3.05) is 24.5 Å². The number of aliphatic hydroxyl groups is 1. The van der Waals surface area contributed by atoms with Gasteiger partial charge in [0.15, 0.2) is 0 Å². The van der Waals surface area contributed by atoms with Crippen LogP contribution in [0.15, 0.2) is 30.9 Å². The van der Waals surface area contributed by atoms with Gasteiger partial charge in [-0.25, -0.2) is 14.6 Å². The first-order valence-corrected chi connectivity index (χ1v) is 10.7. The van der Waals surface area contributed by atoms with E-state index in [0.29, 0.717) is 24.4 Å². The monoisotopic (exact) mass is 396 g/mol. The molecular weight excluding hydrogens is 368 g/mol. The Labute approximate surface area is 170 Å².